The Bertz CT molecular complexity index is 487. The molecule has 0 aromatic carbocycles. The Balaban J connectivity index is 2.84. The molecule has 7 nitrogen and oxygen atoms in total. The second kappa shape index (κ2) is 5.76. The number of hydrogen-bond acceptors (Lipinski definition) is 4. The number of carboxylic acid groups (broad SMARTS) is 1. The summed E-state index contributed by atoms with van der Waals surface area (Å²) < 4.78 is 0. The Morgan fingerprint density at radius 2 is 2.11 bits per heavy atom. The lowest BCUT2D eigenvalue weighted by molar-refractivity contribution is -0.118. The molecule has 0 saturated heterocycles. The quantitative estimate of drug-likeness (QED) is 0.667. The van der Waals surface area contributed by atoms with Crippen molar-refractivity contribution in [1.82, 2.24) is 10.3 Å². The van der Waals surface area contributed by atoms with Crippen LogP contribution in [0.2, 0.25) is 0 Å². The standard InChI is InChI=1S/C11H13N3O4/c1-6(4-9(12)15)14-10(16)7-2-3-13-5-8(7)11(17)18/h2-3,5-6H,4H2,1H3,(H2,12,15)(H,14,16)(H,17,18). The third-order valence-electron chi connectivity index (χ3n) is 2.18. The van der Waals surface area contributed by atoms with Gasteiger partial charge in [-0.1, -0.05) is 0 Å². The molecule has 4 N–H and O–H groups in total. The van der Waals surface area contributed by atoms with Crippen LogP contribution in [0.15, 0.2) is 18.5 Å². The summed E-state index contributed by atoms with van der Waals surface area (Å²) in [6.45, 7) is 1.60. The second-order valence-corrected chi connectivity index (χ2v) is 3.77. The highest BCUT2D eigenvalue weighted by Gasteiger charge is 2.18. The van der Waals surface area contributed by atoms with Gasteiger partial charge in [-0.3, -0.25) is 14.6 Å². The van der Waals surface area contributed by atoms with Gasteiger partial charge in [0.05, 0.1) is 11.1 Å². The molecule has 1 rings (SSSR count). The molecule has 2 amide bonds. The van der Waals surface area contributed by atoms with Gasteiger partial charge in [0.25, 0.3) is 5.91 Å². The number of aromatic nitrogens is 1. The summed E-state index contributed by atoms with van der Waals surface area (Å²) in [7, 11) is 0. The summed E-state index contributed by atoms with van der Waals surface area (Å²) >= 11 is 0. The Morgan fingerprint density at radius 1 is 1.44 bits per heavy atom. The third kappa shape index (κ3) is 3.55. The first kappa shape index (κ1) is 13.6. The van der Waals surface area contributed by atoms with Crippen molar-refractivity contribution in [3.8, 4) is 0 Å². The second-order valence-electron chi connectivity index (χ2n) is 3.77. The van der Waals surface area contributed by atoms with Crippen molar-refractivity contribution < 1.29 is 19.5 Å². The fourth-order valence-corrected chi connectivity index (χ4v) is 1.42. The topological polar surface area (TPSA) is 122 Å². The number of carboxylic acids is 1. The molecule has 96 valence electrons. The lowest BCUT2D eigenvalue weighted by Crippen LogP contribution is -2.36. The number of hydrogen-bond donors (Lipinski definition) is 3. The Kier molecular flexibility index (Phi) is 4.36. The van der Waals surface area contributed by atoms with Crippen molar-refractivity contribution in [3.63, 3.8) is 0 Å². The first-order chi connectivity index (χ1) is 8.41. The maximum atomic E-state index is 11.8. The predicted molar refractivity (Wildman–Crippen MR) is 61.9 cm³/mol. The van der Waals surface area contributed by atoms with E-state index in [4.69, 9.17) is 10.8 Å². The number of nitrogens with two attached hydrogens (primary N) is 1. The minimum Gasteiger partial charge on any atom is -0.478 e. The molecule has 1 heterocycles. The maximum Gasteiger partial charge on any atom is 0.338 e. The number of carbonyl (C=O) groups excluding carboxylic acids is 2. The van der Waals surface area contributed by atoms with Crippen molar-refractivity contribution in [2.45, 2.75) is 19.4 Å². The Morgan fingerprint density at radius 3 is 2.67 bits per heavy atom. The van der Waals surface area contributed by atoms with E-state index in [1.165, 1.54) is 12.3 Å². The number of aromatic carboxylic acids is 1. The molecule has 0 fully saturated rings. The van der Waals surface area contributed by atoms with Crippen molar-refractivity contribution >= 4 is 17.8 Å². The average Bonchev–Trinajstić information content (AvgIpc) is 2.27. The summed E-state index contributed by atoms with van der Waals surface area (Å²) in [4.78, 5) is 37.0. The lowest BCUT2D eigenvalue weighted by Gasteiger charge is -2.12. The van der Waals surface area contributed by atoms with Crippen molar-refractivity contribution in [2.75, 3.05) is 0 Å². The van der Waals surface area contributed by atoms with Crippen LogP contribution < -0.4 is 11.1 Å². The number of carbonyl (C=O) groups is 3. The fraction of sp³-hybridized carbons (Fsp3) is 0.273. The van der Waals surface area contributed by atoms with Gasteiger partial charge in [0.15, 0.2) is 0 Å². The molecule has 1 aromatic rings. The first-order valence-corrected chi connectivity index (χ1v) is 5.18. The smallest absolute Gasteiger partial charge is 0.338 e. The Labute approximate surface area is 103 Å². The van der Waals surface area contributed by atoms with E-state index in [2.05, 4.69) is 10.3 Å². The molecule has 1 unspecified atom stereocenters. The van der Waals surface area contributed by atoms with Crippen LogP contribution in [0.25, 0.3) is 0 Å². The van der Waals surface area contributed by atoms with Gasteiger partial charge < -0.3 is 16.2 Å². The van der Waals surface area contributed by atoms with E-state index in [9.17, 15) is 14.4 Å². The first-order valence-electron chi connectivity index (χ1n) is 5.18. The number of primary amides is 1. The predicted octanol–water partition coefficient (Wildman–Crippen LogP) is -0.227. The summed E-state index contributed by atoms with van der Waals surface area (Å²) in [5, 5.41) is 11.4. The molecule has 0 saturated carbocycles. The van der Waals surface area contributed by atoms with Gasteiger partial charge in [0.1, 0.15) is 0 Å². The number of amides is 2. The van der Waals surface area contributed by atoms with Gasteiger partial charge in [0, 0.05) is 24.9 Å². The number of rotatable bonds is 5. The van der Waals surface area contributed by atoms with E-state index in [-0.39, 0.29) is 17.5 Å². The van der Waals surface area contributed by atoms with Crippen LogP contribution in [0.3, 0.4) is 0 Å². The van der Waals surface area contributed by atoms with Gasteiger partial charge in [-0.15, -0.1) is 0 Å². The maximum absolute atomic E-state index is 11.8. The van der Waals surface area contributed by atoms with Crippen LogP contribution in [0, 0.1) is 0 Å². The monoisotopic (exact) mass is 251 g/mol. The van der Waals surface area contributed by atoms with Crippen LogP contribution in [0.4, 0.5) is 0 Å². The molecule has 1 aromatic heterocycles. The van der Waals surface area contributed by atoms with Crippen LogP contribution >= 0.6 is 0 Å². The molecule has 1 atom stereocenters. The number of nitrogens with zero attached hydrogens (tertiary/aromatic N) is 1. The van der Waals surface area contributed by atoms with Gasteiger partial charge in [0.2, 0.25) is 5.91 Å². The summed E-state index contributed by atoms with van der Waals surface area (Å²) in [6.07, 6.45) is 2.40. The molecule has 0 radical (unpaired) electrons. The van der Waals surface area contributed by atoms with Crippen LogP contribution in [-0.4, -0.2) is 33.9 Å². The fourth-order valence-electron chi connectivity index (χ4n) is 1.42. The minimum atomic E-state index is -1.24. The summed E-state index contributed by atoms with van der Waals surface area (Å²) in [6, 6.07) is 0.834. The highest BCUT2D eigenvalue weighted by Crippen LogP contribution is 2.07. The molecule has 0 bridgehead atoms. The molecule has 0 aliphatic heterocycles. The van der Waals surface area contributed by atoms with Crippen molar-refractivity contribution in [2.24, 2.45) is 5.73 Å². The number of nitrogens with one attached hydrogen (secondary N) is 1. The zero-order chi connectivity index (χ0) is 13.7. The Hall–Kier alpha value is -2.44. The molecule has 0 aliphatic carbocycles. The van der Waals surface area contributed by atoms with E-state index in [1.807, 2.05) is 0 Å². The van der Waals surface area contributed by atoms with Crippen molar-refractivity contribution in [3.05, 3.63) is 29.6 Å². The molecule has 7 heteroatoms. The van der Waals surface area contributed by atoms with E-state index in [0.29, 0.717) is 0 Å². The zero-order valence-corrected chi connectivity index (χ0v) is 9.71. The highest BCUT2D eigenvalue weighted by molar-refractivity contribution is 6.04. The molecular weight excluding hydrogens is 238 g/mol. The van der Waals surface area contributed by atoms with Crippen LogP contribution in [0.5, 0.6) is 0 Å². The lowest BCUT2D eigenvalue weighted by atomic mass is 10.1. The molecule has 18 heavy (non-hydrogen) atoms. The van der Waals surface area contributed by atoms with E-state index >= 15 is 0 Å². The molecule has 0 aliphatic rings. The van der Waals surface area contributed by atoms with Gasteiger partial charge in [-0.05, 0) is 13.0 Å². The van der Waals surface area contributed by atoms with E-state index in [1.54, 1.807) is 6.92 Å². The summed E-state index contributed by atoms with van der Waals surface area (Å²) in [5.41, 5.74) is 4.79. The average molecular weight is 251 g/mol. The summed E-state index contributed by atoms with van der Waals surface area (Å²) in [5.74, 6) is -2.37. The van der Waals surface area contributed by atoms with Gasteiger partial charge in [-0.25, -0.2) is 4.79 Å². The van der Waals surface area contributed by atoms with Crippen molar-refractivity contribution in [1.29, 1.82) is 0 Å². The molecular formula is C11H13N3O4. The largest absolute Gasteiger partial charge is 0.478 e. The van der Waals surface area contributed by atoms with Crippen LogP contribution in [0.1, 0.15) is 34.1 Å². The van der Waals surface area contributed by atoms with Gasteiger partial charge in [-0.2, -0.15) is 0 Å². The van der Waals surface area contributed by atoms with Gasteiger partial charge >= 0.3 is 5.97 Å². The minimum absolute atomic E-state index is 0.00572. The molecule has 0 spiro atoms. The van der Waals surface area contributed by atoms with Crippen LogP contribution in [-0.2, 0) is 4.79 Å². The third-order valence-corrected chi connectivity index (χ3v) is 2.18. The number of pyridine rings is 1. The van der Waals surface area contributed by atoms with E-state index in [0.717, 1.165) is 6.20 Å². The normalized spacial score (nSPS) is 11.6. The zero-order valence-electron chi connectivity index (χ0n) is 9.71. The SMILES string of the molecule is CC(CC(N)=O)NC(=O)c1ccncc1C(=O)O. The van der Waals surface area contributed by atoms with E-state index < -0.39 is 23.8 Å². The highest BCUT2D eigenvalue weighted by atomic mass is 16.4.